The van der Waals surface area contributed by atoms with Crippen LogP contribution >= 0.6 is 0 Å². The molecular weight excluding hydrogens is 318 g/mol. The molecule has 0 aromatic carbocycles. The van der Waals surface area contributed by atoms with Gasteiger partial charge in [-0.15, -0.1) is 0 Å². The highest BCUT2D eigenvalue weighted by Gasteiger charge is 2.31. The number of pyridine rings is 1. The number of aryl methyl sites for hydroxylation is 2. The molecule has 2 atom stereocenters. The Morgan fingerprint density at radius 2 is 2.36 bits per heavy atom. The number of hydrogen-bond acceptors (Lipinski definition) is 5. The Hall–Kier alpha value is -2.72. The Balaban J connectivity index is 1.63. The number of ether oxygens (including phenoxy) is 1. The van der Waals surface area contributed by atoms with E-state index in [2.05, 4.69) is 21.5 Å². The second-order valence-electron chi connectivity index (χ2n) is 6.12. The van der Waals surface area contributed by atoms with Gasteiger partial charge in [0.1, 0.15) is 11.8 Å². The van der Waals surface area contributed by atoms with Crippen LogP contribution in [0, 0.1) is 24.2 Å². The number of amides is 1. The molecule has 2 aromatic heterocycles. The van der Waals surface area contributed by atoms with Crippen molar-refractivity contribution in [3.05, 3.63) is 47.0 Å². The van der Waals surface area contributed by atoms with E-state index in [-0.39, 0.29) is 17.9 Å². The molecule has 1 saturated heterocycles. The van der Waals surface area contributed by atoms with Crippen molar-refractivity contribution in [3.63, 3.8) is 0 Å². The molecule has 0 aliphatic carbocycles. The van der Waals surface area contributed by atoms with E-state index in [9.17, 15) is 4.79 Å². The number of nitrogens with zero attached hydrogens (tertiary/aromatic N) is 4. The predicted octanol–water partition coefficient (Wildman–Crippen LogP) is 1.99. The molecule has 1 aliphatic heterocycles. The van der Waals surface area contributed by atoms with Crippen molar-refractivity contribution in [2.45, 2.75) is 32.9 Å². The van der Waals surface area contributed by atoms with E-state index in [4.69, 9.17) is 10.00 Å². The highest BCUT2D eigenvalue weighted by atomic mass is 16.5. The minimum absolute atomic E-state index is 0.0451. The van der Waals surface area contributed by atoms with E-state index in [1.165, 1.54) is 0 Å². The first-order chi connectivity index (χ1) is 12.1. The van der Waals surface area contributed by atoms with Crippen molar-refractivity contribution in [1.82, 2.24) is 20.1 Å². The third-order valence-corrected chi connectivity index (χ3v) is 4.48. The SMILES string of the molecule is CCn1cc([C@@H]2OCC[C@H]2CNC(=O)c2ccc(C#N)c(C)n2)cn1. The molecule has 1 fully saturated rings. The maximum Gasteiger partial charge on any atom is 0.269 e. The fourth-order valence-corrected chi connectivity index (χ4v) is 3.03. The van der Waals surface area contributed by atoms with Crippen LogP contribution in [-0.4, -0.2) is 33.8 Å². The number of carbonyl (C=O) groups is 1. The lowest BCUT2D eigenvalue weighted by atomic mass is 9.97. The fraction of sp³-hybridized carbons (Fsp3) is 0.444. The molecule has 0 spiro atoms. The minimum Gasteiger partial charge on any atom is -0.373 e. The third-order valence-electron chi connectivity index (χ3n) is 4.48. The standard InChI is InChI=1S/C18H21N5O2/c1-3-23-11-15(10-21-23)17-14(6-7-25-17)9-20-18(24)16-5-4-13(8-19)12(2)22-16/h4-5,10-11,14,17H,3,6-7,9H2,1-2H3,(H,20,24)/t14-,17+/m0/s1. The van der Waals surface area contributed by atoms with Crippen LogP contribution in [0.1, 0.15) is 46.8 Å². The third kappa shape index (κ3) is 3.69. The zero-order valence-electron chi connectivity index (χ0n) is 14.4. The summed E-state index contributed by atoms with van der Waals surface area (Å²) in [5.41, 5.74) is 2.41. The van der Waals surface area contributed by atoms with Crippen molar-refractivity contribution in [3.8, 4) is 6.07 Å². The zero-order valence-corrected chi connectivity index (χ0v) is 14.4. The van der Waals surface area contributed by atoms with Crippen molar-refractivity contribution >= 4 is 5.91 Å². The van der Waals surface area contributed by atoms with Crippen LogP contribution in [0.3, 0.4) is 0 Å². The summed E-state index contributed by atoms with van der Waals surface area (Å²) in [6.07, 6.45) is 4.68. The van der Waals surface area contributed by atoms with Gasteiger partial charge in [0, 0.05) is 37.4 Å². The van der Waals surface area contributed by atoms with Gasteiger partial charge in [-0.3, -0.25) is 9.48 Å². The number of aromatic nitrogens is 3. The molecule has 2 aromatic rings. The maximum atomic E-state index is 12.3. The van der Waals surface area contributed by atoms with Gasteiger partial charge in [0.05, 0.1) is 23.6 Å². The highest BCUT2D eigenvalue weighted by molar-refractivity contribution is 5.92. The number of nitriles is 1. The van der Waals surface area contributed by atoms with Crippen LogP contribution in [0.4, 0.5) is 0 Å². The van der Waals surface area contributed by atoms with Gasteiger partial charge in [-0.1, -0.05) is 0 Å². The summed E-state index contributed by atoms with van der Waals surface area (Å²) in [6, 6.07) is 5.25. The lowest BCUT2D eigenvalue weighted by Gasteiger charge is -2.17. The van der Waals surface area contributed by atoms with Gasteiger partial charge >= 0.3 is 0 Å². The second-order valence-corrected chi connectivity index (χ2v) is 6.12. The molecule has 1 amide bonds. The Morgan fingerprint density at radius 1 is 1.52 bits per heavy atom. The summed E-state index contributed by atoms with van der Waals surface area (Å²) in [6.45, 7) is 5.77. The minimum atomic E-state index is -0.234. The summed E-state index contributed by atoms with van der Waals surface area (Å²) in [7, 11) is 0. The quantitative estimate of drug-likeness (QED) is 0.899. The second kappa shape index (κ2) is 7.45. The zero-order chi connectivity index (χ0) is 17.8. The average molecular weight is 339 g/mol. The van der Waals surface area contributed by atoms with Gasteiger partial charge in [0.25, 0.3) is 5.91 Å². The molecule has 7 heteroatoms. The van der Waals surface area contributed by atoms with Gasteiger partial charge < -0.3 is 10.1 Å². The Labute approximate surface area is 146 Å². The van der Waals surface area contributed by atoms with Crippen molar-refractivity contribution in [2.75, 3.05) is 13.2 Å². The van der Waals surface area contributed by atoms with E-state index in [0.29, 0.717) is 30.1 Å². The van der Waals surface area contributed by atoms with Gasteiger partial charge in [-0.05, 0) is 32.4 Å². The normalized spacial score (nSPS) is 19.6. The molecular formula is C18H21N5O2. The van der Waals surface area contributed by atoms with Crippen LogP contribution in [0.25, 0.3) is 0 Å². The number of hydrogen-bond donors (Lipinski definition) is 1. The van der Waals surface area contributed by atoms with Gasteiger partial charge in [0.15, 0.2) is 0 Å². The molecule has 0 saturated carbocycles. The van der Waals surface area contributed by atoms with Crippen LogP contribution in [-0.2, 0) is 11.3 Å². The molecule has 0 unspecified atom stereocenters. The van der Waals surface area contributed by atoms with Crippen molar-refractivity contribution in [1.29, 1.82) is 5.26 Å². The smallest absolute Gasteiger partial charge is 0.269 e. The van der Waals surface area contributed by atoms with Crippen molar-refractivity contribution < 1.29 is 9.53 Å². The molecule has 25 heavy (non-hydrogen) atoms. The first kappa shape index (κ1) is 17.1. The molecule has 1 aliphatic rings. The first-order valence-electron chi connectivity index (χ1n) is 8.42. The summed E-state index contributed by atoms with van der Waals surface area (Å²) in [5.74, 6) is -0.0274. The molecule has 0 bridgehead atoms. The van der Waals surface area contributed by atoms with E-state index in [1.807, 2.05) is 24.0 Å². The number of rotatable bonds is 5. The van der Waals surface area contributed by atoms with E-state index in [0.717, 1.165) is 18.5 Å². The fourth-order valence-electron chi connectivity index (χ4n) is 3.03. The van der Waals surface area contributed by atoms with Crippen molar-refractivity contribution in [2.24, 2.45) is 5.92 Å². The van der Waals surface area contributed by atoms with E-state index in [1.54, 1.807) is 19.1 Å². The largest absolute Gasteiger partial charge is 0.373 e. The van der Waals surface area contributed by atoms with Crippen LogP contribution < -0.4 is 5.32 Å². The Bertz CT molecular complexity index is 808. The topological polar surface area (TPSA) is 92.8 Å². The van der Waals surface area contributed by atoms with E-state index < -0.39 is 0 Å². The number of carbonyl (C=O) groups excluding carboxylic acids is 1. The molecule has 3 heterocycles. The molecule has 7 nitrogen and oxygen atoms in total. The van der Waals surface area contributed by atoms with Crippen LogP contribution in [0.15, 0.2) is 24.5 Å². The Morgan fingerprint density at radius 3 is 3.04 bits per heavy atom. The maximum absolute atomic E-state index is 12.3. The van der Waals surface area contributed by atoms with Crippen LogP contribution in [0.2, 0.25) is 0 Å². The summed E-state index contributed by atoms with van der Waals surface area (Å²) < 4.78 is 7.71. The molecule has 130 valence electrons. The predicted molar refractivity (Wildman–Crippen MR) is 90.7 cm³/mol. The van der Waals surface area contributed by atoms with Crippen LogP contribution in [0.5, 0.6) is 0 Å². The average Bonchev–Trinajstić information content (AvgIpc) is 3.28. The van der Waals surface area contributed by atoms with Gasteiger partial charge in [-0.2, -0.15) is 10.4 Å². The first-order valence-corrected chi connectivity index (χ1v) is 8.42. The highest BCUT2D eigenvalue weighted by Crippen LogP contribution is 2.33. The molecule has 3 rings (SSSR count). The lowest BCUT2D eigenvalue weighted by Crippen LogP contribution is -2.31. The summed E-state index contributed by atoms with van der Waals surface area (Å²) >= 11 is 0. The molecule has 1 N–H and O–H groups in total. The van der Waals surface area contributed by atoms with Gasteiger partial charge in [-0.25, -0.2) is 4.98 Å². The Kier molecular flexibility index (Phi) is 5.10. The monoisotopic (exact) mass is 339 g/mol. The summed E-state index contributed by atoms with van der Waals surface area (Å²) in [5, 5.41) is 16.2. The number of nitrogens with one attached hydrogen (secondary N) is 1. The lowest BCUT2D eigenvalue weighted by molar-refractivity contribution is 0.0843. The van der Waals surface area contributed by atoms with E-state index >= 15 is 0 Å². The summed E-state index contributed by atoms with van der Waals surface area (Å²) in [4.78, 5) is 16.5. The van der Waals surface area contributed by atoms with Gasteiger partial charge in [0.2, 0.25) is 0 Å². The molecule has 0 radical (unpaired) electrons.